The first-order valence-electron chi connectivity index (χ1n) is 6.78. The van der Waals surface area contributed by atoms with Gasteiger partial charge >= 0.3 is 5.82 Å². The highest BCUT2D eigenvalue weighted by atomic mass is 16.6. The molecule has 0 amide bonds. The van der Waals surface area contributed by atoms with Crippen molar-refractivity contribution in [3.63, 3.8) is 0 Å². The van der Waals surface area contributed by atoms with Crippen LogP contribution in [0.5, 0.6) is 0 Å². The summed E-state index contributed by atoms with van der Waals surface area (Å²) in [6.45, 7) is 0.483. The standard InChI is InChI=1S/C13H20N4O2/c14-9-12(10-5-2-1-3-6-10)16-11-7-4-8-15-13(11)17(18)19/h4,7-8,10,12,16H,1-3,5-6,9,14H2. The van der Waals surface area contributed by atoms with Crippen molar-refractivity contribution in [2.24, 2.45) is 11.7 Å². The lowest BCUT2D eigenvalue weighted by atomic mass is 9.84. The average molecular weight is 264 g/mol. The van der Waals surface area contributed by atoms with E-state index >= 15 is 0 Å². The van der Waals surface area contributed by atoms with Crippen molar-refractivity contribution in [3.05, 3.63) is 28.4 Å². The van der Waals surface area contributed by atoms with Crippen LogP contribution < -0.4 is 11.1 Å². The number of nitrogens with one attached hydrogen (secondary N) is 1. The summed E-state index contributed by atoms with van der Waals surface area (Å²) in [4.78, 5) is 14.3. The number of nitrogens with two attached hydrogens (primary N) is 1. The van der Waals surface area contributed by atoms with Gasteiger partial charge in [-0.1, -0.05) is 19.3 Å². The third kappa shape index (κ3) is 3.41. The molecule has 3 N–H and O–H groups in total. The fourth-order valence-electron chi connectivity index (χ4n) is 2.76. The van der Waals surface area contributed by atoms with Gasteiger partial charge in [0.1, 0.15) is 11.9 Å². The smallest absolute Gasteiger partial charge is 0.374 e. The van der Waals surface area contributed by atoms with Crippen LogP contribution in [0, 0.1) is 16.0 Å². The summed E-state index contributed by atoms with van der Waals surface area (Å²) in [5.41, 5.74) is 6.29. The fraction of sp³-hybridized carbons (Fsp3) is 0.615. The fourth-order valence-corrected chi connectivity index (χ4v) is 2.76. The Morgan fingerprint density at radius 2 is 2.21 bits per heavy atom. The minimum absolute atomic E-state index is 0.0863. The Bertz CT molecular complexity index is 432. The normalized spacial score (nSPS) is 17.9. The minimum Gasteiger partial charge on any atom is -0.374 e. The molecule has 1 atom stereocenters. The van der Waals surface area contributed by atoms with E-state index in [1.165, 1.54) is 25.5 Å². The maximum Gasteiger partial charge on any atom is 0.386 e. The Balaban J connectivity index is 2.11. The van der Waals surface area contributed by atoms with Crippen LogP contribution in [0.4, 0.5) is 11.5 Å². The van der Waals surface area contributed by atoms with Gasteiger partial charge in [-0.2, -0.15) is 0 Å². The molecule has 1 unspecified atom stereocenters. The second-order valence-corrected chi connectivity index (χ2v) is 5.02. The third-order valence-electron chi connectivity index (χ3n) is 3.77. The second kappa shape index (κ2) is 6.47. The zero-order valence-corrected chi connectivity index (χ0v) is 10.9. The van der Waals surface area contributed by atoms with E-state index in [-0.39, 0.29) is 11.9 Å². The molecule has 1 aliphatic carbocycles. The van der Waals surface area contributed by atoms with Crippen molar-refractivity contribution in [1.82, 2.24) is 4.98 Å². The van der Waals surface area contributed by atoms with Gasteiger partial charge in [0, 0.05) is 12.6 Å². The van der Waals surface area contributed by atoms with Crippen molar-refractivity contribution >= 4 is 11.5 Å². The number of hydrogen-bond donors (Lipinski definition) is 2. The molecule has 1 saturated carbocycles. The van der Waals surface area contributed by atoms with Gasteiger partial charge < -0.3 is 21.2 Å². The van der Waals surface area contributed by atoms with E-state index in [2.05, 4.69) is 10.3 Å². The lowest BCUT2D eigenvalue weighted by Crippen LogP contribution is -2.37. The molecule has 1 aromatic heterocycles. The summed E-state index contributed by atoms with van der Waals surface area (Å²) in [7, 11) is 0. The van der Waals surface area contributed by atoms with Gasteiger partial charge in [-0.05, 0) is 40.8 Å². The first-order valence-corrected chi connectivity index (χ1v) is 6.78. The molecule has 0 saturated heterocycles. The number of nitrogens with zero attached hydrogens (tertiary/aromatic N) is 2. The van der Waals surface area contributed by atoms with Crippen LogP contribution >= 0.6 is 0 Å². The molecule has 0 radical (unpaired) electrons. The van der Waals surface area contributed by atoms with E-state index in [4.69, 9.17) is 5.73 Å². The molecule has 2 rings (SSSR count). The summed E-state index contributed by atoms with van der Waals surface area (Å²) in [6, 6.07) is 3.48. The number of hydrogen-bond acceptors (Lipinski definition) is 5. The molecule has 1 aromatic rings. The highest BCUT2D eigenvalue weighted by molar-refractivity contribution is 5.57. The lowest BCUT2D eigenvalue weighted by molar-refractivity contribution is -0.388. The number of pyridine rings is 1. The van der Waals surface area contributed by atoms with Crippen molar-refractivity contribution in [1.29, 1.82) is 0 Å². The minimum atomic E-state index is -0.462. The number of aromatic nitrogens is 1. The van der Waals surface area contributed by atoms with E-state index in [1.54, 1.807) is 12.1 Å². The number of nitro groups is 1. The lowest BCUT2D eigenvalue weighted by Gasteiger charge is -2.30. The van der Waals surface area contributed by atoms with Crippen LogP contribution in [-0.2, 0) is 0 Å². The number of anilines is 1. The SMILES string of the molecule is NCC(Nc1cccnc1[N+](=O)[O-])C1CCCCC1. The molecule has 0 aromatic carbocycles. The van der Waals surface area contributed by atoms with E-state index in [9.17, 15) is 10.1 Å². The highest BCUT2D eigenvalue weighted by Gasteiger charge is 2.25. The van der Waals surface area contributed by atoms with Crippen LogP contribution in [0.1, 0.15) is 32.1 Å². The summed E-state index contributed by atoms with van der Waals surface area (Å²) >= 11 is 0. The number of rotatable bonds is 5. The maximum atomic E-state index is 10.9. The van der Waals surface area contributed by atoms with Gasteiger partial charge in [0.2, 0.25) is 0 Å². The van der Waals surface area contributed by atoms with Gasteiger partial charge in [-0.15, -0.1) is 0 Å². The second-order valence-electron chi connectivity index (χ2n) is 5.02. The zero-order valence-electron chi connectivity index (χ0n) is 10.9. The third-order valence-corrected chi connectivity index (χ3v) is 3.77. The Kier molecular flexibility index (Phi) is 4.68. The van der Waals surface area contributed by atoms with Crippen LogP contribution in [0.25, 0.3) is 0 Å². The predicted molar refractivity (Wildman–Crippen MR) is 73.9 cm³/mol. The van der Waals surface area contributed by atoms with E-state index < -0.39 is 4.92 Å². The average Bonchev–Trinajstić information content (AvgIpc) is 2.46. The maximum absolute atomic E-state index is 10.9. The topological polar surface area (TPSA) is 94.1 Å². The van der Waals surface area contributed by atoms with Gasteiger partial charge in [-0.3, -0.25) is 0 Å². The Labute approximate surface area is 112 Å². The molecule has 1 fully saturated rings. The summed E-state index contributed by atoms with van der Waals surface area (Å²) in [6.07, 6.45) is 7.43. The molecule has 0 aliphatic heterocycles. The van der Waals surface area contributed by atoms with Crippen LogP contribution in [0.2, 0.25) is 0 Å². The van der Waals surface area contributed by atoms with Crippen LogP contribution in [0.3, 0.4) is 0 Å². The van der Waals surface area contributed by atoms with Crippen molar-refractivity contribution in [2.75, 3.05) is 11.9 Å². The van der Waals surface area contributed by atoms with E-state index in [1.807, 2.05) is 0 Å². The first-order chi connectivity index (χ1) is 9.22. The van der Waals surface area contributed by atoms with Gasteiger partial charge in [-0.25, -0.2) is 0 Å². The quantitative estimate of drug-likeness (QED) is 0.628. The zero-order chi connectivity index (χ0) is 13.7. The van der Waals surface area contributed by atoms with Crippen LogP contribution in [-0.4, -0.2) is 22.5 Å². The van der Waals surface area contributed by atoms with Gasteiger partial charge in [0.05, 0.1) is 0 Å². The molecular formula is C13H20N4O2. The molecule has 0 bridgehead atoms. The molecule has 6 heteroatoms. The van der Waals surface area contributed by atoms with Crippen molar-refractivity contribution < 1.29 is 4.92 Å². The molecule has 0 spiro atoms. The van der Waals surface area contributed by atoms with E-state index in [0.717, 1.165) is 12.8 Å². The van der Waals surface area contributed by atoms with E-state index in [0.29, 0.717) is 18.2 Å². The largest absolute Gasteiger partial charge is 0.386 e. The summed E-state index contributed by atoms with van der Waals surface area (Å²) in [5, 5.41) is 14.2. The Morgan fingerprint density at radius 3 is 2.84 bits per heavy atom. The van der Waals surface area contributed by atoms with Gasteiger partial charge in [0.15, 0.2) is 0 Å². The molecule has 1 aliphatic rings. The van der Waals surface area contributed by atoms with Crippen LogP contribution in [0.15, 0.2) is 18.3 Å². The Hall–Kier alpha value is -1.69. The summed E-state index contributed by atoms with van der Waals surface area (Å²) < 4.78 is 0. The van der Waals surface area contributed by atoms with Crippen molar-refractivity contribution in [2.45, 2.75) is 38.1 Å². The molecule has 104 valence electrons. The molecule has 19 heavy (non-hydrogen) atoms. The van der Waals surface area contributed by atoms with Crippen molar-refractivity contribution in [3.8, 4) is 0 Å². The highest BCUT2D eigenvalue weighted by Crippen LogP contribution is 2.29. The van der Waals surface area contributed by atoms with Gasteiger partial charge in [0.25, 0.3) is 0 Å². The molecular weight excluding hydrogens is 244 g/mol. The first kappa shape index (κ1) is 13.7. The summed E-state index contributed by atoms with van der Waals surface area (Å²) in [5.74, 6) is 0.371. The molecule has 6 nitrogen and oxygen atoms in total. The monoisotopic (exact) mass is 264 g/mol. The predicted octanol–water partition coefficient (Wildman–Crippen LogP) is 2.31. The Morgan fingerprint density at radius 1 is 1.47 bits per heavy atom. The molecule has 1 heterocycles.